The van der Waals surface area contributed by atoms with E-state index in [1.54, 1.807) is 6.07 Å². The lowest BCUT2D eigenvalue weighted by Crippen LogP contribution is -2.53. The third-order valence-corrected chi connectivity index (χ3v) is 5.14. The molecule has 146 valence electrons. The van der Waals surface area contributed by atoms with E-state index < -0.39 is 27.6 Å². The molecule has 0 spiro atoms. The zero-order chi connectivity index (χ0) is 19.5. The Hall–Kier alpha value is -1.80. The molecular weight excluding hydrogens is 369 g/mol. The fourth-order valence-corrected chi connectivity index (χ4v) is 4.13. The average molecular weight is 393 g/mol. The summed E-state index contributed by atoms with van der Waals surface area (Å²) in [6, 6.07) is 15.8. The van der Waals surface area contributed by atoms with Crippen LogP contribution < -0.4 is 0 Å². The van der Waals surface area contributed by atoms with Gasteiger partial charge in [-0.15, -0.1) is 0 Å². The van der Waals surface area contributed by atoms with Crippen LogP contribution in [0.3, 0.4) is 0 Å². The Morgan fingerprint density at radius 3 is 2.63 bits per heavy atom. The Labute approximate surface area is 159 Å². The first-order valence-electron chi connectivity index (χ1n) is 8.79. The van der Waals surface area contributed by atoms with E-state index in [0.29, 0.717) is 25.3 Å². The predicted octanol–water partition coefficient (Wildman–Crippen LogP) is 3.13. The van der Waals surface area contributed by atoms with Crippen molar-refractivity contribution in [2.45, 2.75) is 25.2 Å². The zero-order valence-electron chi connectivity index (χ0n) is 15.5. The largest absolute Gasteiger partial charge is 0.369 e. The van der Waals surface area contributed by atoms with Crippen LogP contribution in [0.4, 0.5) is 4.39 Å². The number of nitrogens with zero attached hydrogens (tertiary/aromatic N) is 1. The zero-order valence-corrected chi connectivity index (χ0v) is 16.3. The Kier molecular flexibility index (Phi) is 5.95. The van der Waals surface area contributed by atoms with Crippen LogP contribution in [0.2, 0.25) is 0 Å². The summed E-state index contributed by atoms with van der Waals surface area (Å²) in [5, 5.41) is 0. The van der Waals surface area contributed by atoms with Crippen LogP contribution in [-0.2, 0) is 25.6 Å². The van der Waals surface area contributed by atoms with Crippen LogP contribution in [0.25, 0.3) is 0 Å². The number of ether oxygens (including phenoxy) is 1. The molecule has 7 heteroatoms. The summed E-state index contributed by atoms with van der Waals surface area (Å²) >= 11 is 0. The highest BCUT2D eigenvalue weighted by atomic mass is 32.2. The van der Waals surface area contributed by atoms with E-state index in [1.807, 2.05) is 37.3 Å². The molecule has 0 aromatic heterocycles. The molecule has 1 aliphatic heterocycles. The second-order valence-electron chi connectivity index (χ2n) is 7.09. The smallest absolute Gasteiger partial charge is 0.265 e. The molecule has 1 saturated heterocycles. The van der Waals surface area contributed by atoms with E-state index in [-0.39, 0.29) is 0 Å². The highest BCUT2D eigenvalue weighted by molar-refractivity contribution is 7.86. The summed E-state index contributed by atoms with van der Waals surface area (Å²) in [7, 11) is -3.77. The summed E-state index contributed by atoms with van der Waals surface area (Å²) in [6.07, 6.45) is 0.0505. The van der Waals surface area contributed by atoms with Crippen molar-refractivity contribution in [3.05, 3.63) is 71.5 Å². The van der Waals surface area contributed by atoms with Gasteiger partial charge in [-0.25, -0.2) is 4.39 Å². The van der Waals surface area contributed by atoms with Gasteiger partial charge < -0.3 is 4.74 Å². The molecule has 0 radical (unpaired) electrons. The molecule has 0 N–H and O–H groups in total. The van der Waals surface area contributed by atoms with E-state index in [4.69, 9.17) is 8.92 Å². The van der Waals surface area contributed by atoms with Crippen molar-refractivity contribution in [2.75, 3.05) is 26.0 Å². The van der Waals surface area contributed by atoms with E-state index in [1.165, 1.54) is 18.2 Å². The van der Waals surface area contributed by atoms with Crippen molar-refractivity contribution in [3.63, 3.8) is 0 Å². The van der Waals surface area contributed by atoms with Crippen molar-refractivity contribution >= 4 is 10.1 Å². The second kappa shape index (κ2) is 8.06. The normalized spacial score (nSPS) is 22.5. The summed E-state index contributed by atoms with van der Waals surface area (Å²) < 4.78 is 48.9. The lowest BCUT2D eigenvalue weighted by molar-refractivity contribution is -0.151. The van der Waals surface area contributed by atoms with Crippen molar-refractivity contribution in [1.29, 1.82) is 0 Å². The Balaban J connectivity index is 1.87. The first-order valence-corrected chi connectivity index (χ1v) is 10.6. The number of benzene rings is 2. The van der Waals surface area contributed by atoms with Gasteiger partial charge in [-0.3, -0.25) is 9.08 Å². The maximum Gasteiger partial charge on any atom is 0.265 e. The summed E-state index contributed by atoms with van der Waals surface area (Å²) in [6.45, 7) is 4.14. The minimum atomic E-state index is -3.77. The van der Waals surface area contributed by atoms with Crippen LogP contribution in [0.1, 0.15) is 24.2 Å². The Bertz CT molecular complexity index is 875. The molecular formula is C20H24FNO4S. The first kappa shape index (κ1) is 19.9. The highest BCUT2D eigenvalue weighted by Crippen LogP contribution is 2.37. The van der Waals surface area contributed by atoms with Crippen LogP contribution in [0.5, 0.6) is 0 Å². The molecule has 1 fully saturated rings. The quantitative estimate of drug-likeness (QED) is 0.706. The lowest BCUT2D eigenvalue weighted by atomic mass is 9.90. The molecule has 0 saturated carbocycles. The second-order valence-corrected chi connectivity index (χ2v) is 8.69. The van der Waals surface area contributed by atoms with Gasteiger partial charge in [-0.05, 0) is 30.2 Å². The highest BCUT2D eigenvalue weighted by Gasteiger charge is 2.43. The topological polar surface area (TPSA) is 55.8 Å². The summed E-state index contributed by atoms with van der Waals surface area (Å²) in [5.41, 5.74) is 0.654. The van der Waals surface area contributed by atoms with Gasteiger partial charge in [0.15, 0.2) is 0 Å². The Morgan fingerprint density at radius 1 is 1.22 bits per heavy atom. The van der Waals surface area contributed by atoms with Gasteiger partial charge >= 0.3 is 0 Å². The van der Waals surface area contributed by atoms with Crippen LogP contribution in [-0.4, -0.2) is 44.9 Å². The van der Waals surface area contributed by atoms with Crippen LogP contribution in [0, 0.1) is 5.82 Å². The van der Waals surface area contributed by atoms with Crippen molar-refractivity contribution in [3.8, 4) is 0 Å². The molecule has 2 atom stereocenters. The van der Waals surface area contributed by atoms with Gasteiger partial charge in [-0.2, -0.15) is 8.42 Å². The lowest BCUT2D eigenvalue weighted by Gasteiger charge is -2.44. The fourth-order valence-electron chi connectivity index (χ4n) is 3.47. The maximum atomic E-state index is 13.8. The molecule has 1 aliphatic rings. The Morgan fingerprint density at radius 2 is 1.96 bits per heavy atom. The maximum absolute atomic E-state index is 13.8. The van der Waals surface area contributed by atoms with E-state index in [0.717, 1.165) is 18.4 Å². The minimum Gasteiger partial charge on any atom is -0.369 e. The molecule has 1 unspecified atom stereocenters. The van der Waals surface area contributed by atoms with Crippen molar-refractivity contribution < 1.29 is 21.7 Å². The average Bonchev–Trinajstić information content (AvgIpc) is 2.60. The molecule has 0 bridgehead atoms. The SMILES string of the molecule is CC1([C@H](OS(C)(=O)=O)c2cccc(F)c2)CN(Cc2ccccc2)CCO1. The molecule has 3 rings (SSSR count). The molecule has 27 heavy (non-hydrogen) atoms. The van der Waals surface area contributed by atoms with Crippen molar-refractivity contribution in [1.82, 2.24) is 4.90 Å². The minimum absolute atomic E-state index is 0.433. The number of rotatable bonds is 6. The number of morpholine rings is 1. The standard InChI is InChI=1S/C20H24FNO4S/c1-20(15-22(11-12-25-20)14-16-7-4-3-5-8-16)19(26-27(2,23)24)17-9-6-10-18(21)13-17/h3-10,13,19H,11-12,14-15H2,1-2H3/t19-,20?/m1/s1. The van der Waals surface area contributed by atoms with E-state index >= 15 is 0 Å². The third-order valence-electron chi connectivity index (χ3n) is 4.60. The van der Waals surface area contributed by atoms with Crippen LogP contribution in [0.15, 0.2) is 54.6 Å². The van der Waals surface area contributed by atoms with Crippen molar-refractivity contribution in [2.24, 2.45) is 0 Å². The molecule has 0 aliphatic carbocycles. The van der Waals surface area contributed by atoms with Gasteiger partial charge in [0.25, 0.3) is 10.1 Å². The number of halogens is 1. The van der Waals surface area contributed by atoms with Gasteiger partial charge in [-0.1, -0.05) is 42.5 Å². The van der Waals surface area contributed by atoms with Gasteiger partial charge in [0, 0.05) is 19.6 Å². The third kappa shape index (κ3) is 5.35. The van der Waals surface area contributed by atoms with Gasteiger partial charge in [0.2, 0.25) is 0 Å². The van der Waals surface area contributed by atoms with E-state index in [2.05, 4.69) is 4.90 Å². The summed E-state index contributed by atoms with van der Waals surface area (Å²) in [4.78, 5) is 2.19. The van der Waals surface area contributed by atoms with Gasteiger partial charge in [0.05, 0.1) is 12.9 Å². The summed E-state index contributed by atoms with van der Waals surface area (Å²) in [5.74, 6) is -0.449. The predicted molar refractivity (Wildman–Crippen MR) is 101 cm³/mol. The number of hydrogen-bond donors (Lipinski definition) is 0. The molecule has 5 nitrogen and oxygen atoms in total. The van der Waals surface area contributed by atoms with E-state index in [9.17, 15) is 12.8 Å². The molecule has 2 aromatic carbocycles. The monoisotopic (exact) mass is 393 g/mol. The first-order chi connectivity index (χ1) is 12.8. The molecule has 1 heterocycles. The van der Waals surface area contributed by atoms with Crippen LogP contribution >= 0.6 is 0 Å². The molecule has 0 amide bonds. The fraction of sp³-hybridized carbons (Fsp3) is 0.400. The van der Waals surface area contributed by atoms with Gasteiger partial charge in [0.1, 0.15) is 17.5 Å². The number of hydrogen-bond acceptors (Lipinski definition) is 5. The molecule has 2 aromatic rings.